The van der Waals surface area contributed by atoms with Crippen LogP contribution in [0.1, 0.15) is 5.56 Å². The molecule has 19 heavy (non-hydrogen) atoms. The minimum Gasteiger partial charge on any atom is -0.379 e. The quantitative estimate of drug-likeness (QED) is 0.902. The van der Waals surface area contributed by atoms with Crippen LogP contribution < -0.4 is 5.73 Å². The third-order valence-electron chi connectivity index (χ3n) is 3.68. The van der Waals surface area contributed by atoms with Gasteiger partial charge in [-0.3, -0.25) is 4.90 Å². The number of anilines is 1. The number of nitrogens with two attached hydrogens (primary N) is 1. The van der Waals surface area contributed by atoms with Crippen molar-refractivity contribution in [3.8, 4) is 0 Å². The molecular weight excluding hydrogens is 240 g/mol. The average Bonchev–Trinajstić information content (AvgIpc) is 2.72. The monoisotopic (exact) mass is 260 g/mol. The van der Waals surface area contributed by atoms with E-state index in [1.807, 2.05) is 0 Å². The largest absolute Gasteiger partial charge is 0.379 e. The number of imidazole rings is 1. The first-order chi connectivity index (χ1) is 9.24. The Bertz CT molecular complexity index is 572. The normalized spacial score (nSPS) is 17.1. The second-order valence-electron chi connectivity index (χ2n) is 5.07. The molecule has 0 amide bonds. The van der Waals surface area contributed by atoms with Gasteiger partial charge in [-0.15, -0.1) is 0 Å². The maximum atomic E-state index is 6.03. The van der Waals surface area contributed by atoms with Gasteiger partial charge in [-0.2, -0.15) is 0 Å². The first kappa shape index (κ1) is 12.4. The van der Waals surface area contributed by atoms with Crippen molar-refractivity contribution >= 4 is 17.0 Å². The predicted octanol–water partition coefficient (Wildman–Crippen LogP) is 1.26. The number of nitrogen functional groups attached to an aromatic ring is 1. The Balaban J connectivity index is 1.78. The molecular formula is C14H20N4O. The third kappa shape index (κ3) is 2.57. The lowest BCUT2D eigenvalue weighted by Gasteiger charge is -2.26. The van der Waals surface area contributed by atoms with E-state index in [-0.39, 0.29) is 0 Å². The Hall–Kier alpha value is -1.59. The van der Waals surface area contributed by atoms with E-state index in [0.717, 1.165) is 50.4 Å². The molecule has 1 aromatic carbocycles. The van der Waals surface area contributed by atoms with Gasteiger partial charge in [0.25, 0.3) is 0 Å². The zero-order chi connectivity index (χ0) is 13.2. The van der Waals surface area contributed by atoms with Crippen molar-refractivity contribution in [3.05, 3.63) is 23.8 Å². The maximum absolute atomic E-state index is 6.03. The lowest BCUT2D eigenvalue weighted by Crippen LogP contribution is -2.38. The second kappa shape index (κ2) is 5.19. The third-order valence-corrected chi connectivity index (χ3v) is 3.68. The smallest absolute Gasteiger partial charge is 0.201 e. The number of fused-ring (bicyclic) bond motifs is 1. The predicted molar refractivity (Wildman–Crippen MR) is 76.1 cm³/mol. The van der Waals surface area contributed by atoms with E-state index in [1.54, 1.807) is 0 Å². The lowest BCUT2D eigenvalue weighted by atomic mass is 10.2. The summed E-state index contributed by atoms with van der Waals surface area (Å²) < 4.78 is 7.46. The summed E-state index contributed by atoms with van der Waals surface area (Å²) in [5.41, 5.74) is 9.35. The van der Waals surface area contributed by atoms with E-state index in [4.69, 9.17) is 10.5 Å². The molecule has 1 aliphatic rings. The van der Waals surface area contributed by atoms with E-state index < -0.39 is 0 Å². The van der Waals surface area contributed by atoms with Crippen LogP contribution in [-0.2, 0) is 11.3 Å². The topological polar surface area (TPSA) is 56.3 Å². The molecule has 102 valence electrons. The van der Waals surface area contributed by atoms with Gasteiger partial charge in [0, 0.05) is 26.2 Å². The molecule has 2 N–H and O–H groups in total. The molecule has 2 aromatic rings. The molecule has 1 fully saturated rings. The molecule has 3 rings (SSSR count). The molecule has 1 aromatic heterocycles. The standard InChI is InChI=1S/C14H20N4O/c1-11-2-3-13-12(10-11)16-14(15)18(13)5-4-17-6-8-19-9-7-17/h2-3,10H,4-9H2,1H3,(H2,15,16). The van der Waals surface area contributed by atoms with Crippen molar-refractivity contribution in [2.24, 2.45) is 0 Å². The fourth-order valence-corrected chi connectivity index (χ4v) is 2.56. The maximum Gasteiger partial charge on any atom is 0.201 e. The number of aryl methyl sites for hydroxylation is 1. The lowest BCUT2D eigenvalue weighted by molar-refractivity contribution is 0.0366. The summed E-state index contributed by atoms with van der Waals surface area (Å²) in [6.07, 6.45) is 0. The van der Waals surface area contributed by atoms with E-state index in [2.05, 4.69) is 39.6 Å². The summed E-state index contributed by atoms with van der Waals surface area (Å²) in [7, 11) is 0. The summed E-state index contributed by atoms with van der Waals surface area (Å²) >= 11 is 0. The molecule has 0 radical (unpaired) electrons. The number of aromatic nitrogens is 2. The molecule has 0 aliphatic carbocycles. The number of rotatable bonds is 3. The minimum atomic E-state index is 0.605. The van der Waals surface area contributed by atoms with Gasteiger partial charge >= 0.3 is 0 Å². The first-order valence-corrected chi connectivity index (χ1v) is 6.76. The van der Waals surface area contributed by atoms with Crippen LogP contribution in [0.25, 0.3) is 11.0 Å². The van der Waals surface area contributed by atoms with Crippen LogP contribution in [0.4, 0.5) is 5.95 Å². The number of morpholine rings is 1. The highest BCUT2D eigenvalue weighted by Crippen LogP contribution is 2.19. The Morgan fingerprint density at radius 2 is 2.05 bits per heavy atom. The van der Waals surface area contributed by atoms with Crippen molar-refractivity contribution in [3.63, 3.8) is 0 Å². The van der Waals surface area contributed by atoms with Crippen molar-refractivity contribution in [1.82, 2.24) is 14.5 Å². The van der Waals surface area contributed by atoms with Gasteiger partial charge in [0.05, 0.1) is 24.2 Å². The highest BCUT2D eigenvalue weighted by atomic mass is 16.5. The molecule has 0 atom stereocenters. The molecule has 0 spiro atoms. The van der Waals surface area contributed by atoms with Crippen LogP contribution in [0.2, 0.25) is 0 Å². The molecule has 0 unspecified atom stereocenters. The Labute approximate surface area is 113 Å². The Morgan fingerprint density at radius 3 is 2.84 bits per heavy atom. The summed E-state index contributed by atoms with van der Waals surface area (Å²) in [5, 5.41) is 0. The van der Waals surface area contributed by atoms with Gasteiger partial charge in [-0.1, -0.05) is 6.07 Å². The van der Waals surface area contributed by atoms with Crippen LogP contribution in [0, 0.1) is 6.92 Å². The van der Waals surface area contributed by atoms with Crippen LogP contribution in [0.5, 0.6) is 0 Å². The summed E-state index contributed by atoms with van der Waals surface area (Å²) in [6, 6.07) is 6.29. The minimum absolute atomic E-state index is 0.605. The van der Waals surface area contributed by atoms with Crippen molar-refractivity contribution < 1.29 is 4.74 Å². The number of hydrogen-bond donors (Lipinski definition) is 1. The molecule has 2 heterocycles. The van der Waals surface area contributed by atoms with Gasteiger partial charge in [-0.25, -0.2) is 4.98 Å². The van der Waals surface area contributed by atoms with Gasteiger partial charge in [0.15, 0.2) is 0 Å². The average molecular weight is 260 g/mol. The number of ether oxygens (including phenoxy) is 1. The number of nitrogens with zero attached hydrogens (tertiary/aromatic N) is 3. The van der Waals surface area contributed by atoms with Crippen molar-refractivity contribution in [2.45, 2.75) is 13.5 Å². The molecule has 0 bridgehead atoms. The fourth-order valence-electron chi connectivity index (χ4n) is 2.56. The number of hydrogen-bond acceptors (Lipinski definition) is 4. The van der Waals surface area contributed by atoms with E-state index in [0.29, 0.717) is 5.95 Å². The molecule has 5 nitrogen and oxygen atoms in total. The fraction of sp³-hybridized carbons (Fsp3) is 0.500. The summed E-state index contributed by atoms with van der Waals surface area (Å²) in [6.45, 7) is 7.62. The second-order valence-corrected chi connectivity index (χ2v) is 5.07. The molecule has 5 heteroatoms. The summed E-state index contributed by atoms with van der Waals surface area (Å²) in [5.74, 6) is 0.605. The van der Waals surface area contributed by atoms with Crippen molar-refractivity contribution in [1.29, 1.82) is 0 Å². The van der Waals surface area contributed by atoms with Crippen molar-refractivity contribution in [2.75, 3.05) is 38.6 Å². The zero-order valence-electron chi connectivity index (χ0n) is 11.3. The SMILES string of the molecule is Cc1ccc2c(c1)nc(N)n2CCN1CCOCC1. The van der Waals surface area contributed by atoms with E-state index >= 15 is 0 Å². The van der Waals surface area contributed by atoms with Gasteiger partial charge < -0.3 is 15.0 Å². The highest BCUT2D eigenvalue weighted by Gasteiger charge is 2.12. The van der Waals surface area contributed by atoms with E-state index in [9.17, 15) is 0 Å². The van der Waals surface area contributed by atoms with E-state index in [1.165, 1.54) is 5.56 Å². The molecule has 0 saturated carbocycles. The van der Waals surface area contributed by atoms with Gasteiger partial charge in [0.1, 0.15) is 0 Å². The Morgan fingerprint density at radius 1 is 1.26 bits per heavy atom. The zero-order valence-corrected chi connectivity index (χ0v) is 11.3. The molecule has 1 aliphatic heterocycles. The van der Waals surface area contributed by atoms with Gasteiger partial charge in [0.2, 0.25) is 5.95 Å². The first-order valence-electron chi connectivity index (χ1n) is 6.76. The highest BCUT2D eigenvalue weighted by molar-refractivity contribution is 5.79. The van der Waals surface area contributed by atoms with Crippen LogP contribution in [0.15, 0.2) is 18.2 Å². The van der Waals surface area contributed by atoms with Crippen LogP contribution >= 0.6 is 0 Å². The Kier molecular flexibility index (Phi) is 3.40. The van der Waals surface area contributed by atoms with Gasteiger partial charge in [-0.05, 0) is 24.6 Å². The molecule has 1 saturated heterocycles. The van der Waals surface area contributed by atoms with Crippen LogP contribution in [0.3, 0.4) is 0 Å². The number of benzene rings is 1. The van der Waals surface area contributed by atoms with Crippen LogP contribution in [-0.4, -0.2) is 47.3 Å². The summed E-state index contributed by atoms with van der Waals surface area (Å²) in [4.78, 5) is 6.84.